The number of carbonyl (C=O) groups excluding carboxylic acids is 1. The molecule has 0 rings (SSSR count). The predicted octanol–water partition coefficient (Wildman–Crippen LogP) is 0.600. The molecule has 1 amide bonds. The van der Waals surface area contributed by atoms with Gasteiger partial charge in [0.05, 0.1) is 6.04 Å². The summed E-state index contributed by atoms with van der Waals surface area (Å²) < 4.78 is 0. The van der Waals surface area contributed by atoms with E-state index in [1.54, 1.807) is 6.92 Å². The van der Waals surface area contributed by atoms with E-state index in [1.165, 1.54) is 0 Å². The summed E-state index contributed by atoms with van der Waals surface area (Å²) in [5.41, 5.74) is 0. The minimum atomic E-state index is -0.926. The first kappa shape index (κ1) is 14.9. The van der Waals surface area contributed by atoms with Crippen molar-refractivity contribution in [3.05, 3.63) is 0 Å². The molecule has 0 aliphatic heterocycles. The van der Waals surface area contributed by atoms with Crippen LogP contribution >= 0.6 is 0 Å². The molecule has 0 saturated carbocycles. The van der Waals surface area contributed by atoms with Crippen LogP contribution in [0.15, 0.2) is 0 Å². The lowest BCUT2D eigenvalue weighted by Crippen LogP contribution is -2.51. The molecule has 0 aliphatic rings. The first-order valence-electron chi connectivity index (χ1n) is 5.66. The highest BCUT2D eigenvalue weighted by Crippen LogP contribution is 2.03. The summed E-state index contributed by atoms with van der Waals surface area (Å²) in [4.78, 5) is 22.4. The van der Waals surface area contributed by atoms with Crippen molar-refractivity contribution >= 4 is 11.9 Å². The second kappa shape index (κ2) is 7.22. The van der Waals surface area contributed by atoms with Crippen LogP contribution in [0.3, 0.4) is 0 Å². The van der Waals surface area contributed by atoms with Crippen molar-refractivity contribution < 1.29 is 14.7 Å². The summed E-state index contributed by atoms with van der Waals surface area (Å²) in [6.45, 7) is 7.87. The molecule has 94 valence electrons. The average molecular weight is 230 g/mol. The second-order valence-electron chi connectivity index (χ2n) is 4.24. The fraction of sp³-hybridized carbons (Fsp3) is 0.818. The van der Waals surface area contributed by atoms with Crippen molar-refractivity contribution in [3.8, 4) is 0 Å². The summed E-state index contributed by atoms with van der Waals surface area (Å²) in [7, 11) is 0. The number of carbonyl (C=O) groups is 2. The highest BCUT2D eigenvalue weighted by Gasteiger charge is 2.25. The molecule has 0 radical (unpaired) electrons. The van der Waals surface area contributed by atoms with Gasteiger partial charge < -0.3 is 10.4 Å². The third-order valence-electron chi connectivity index (χ3n) is 2.30. The van der Waals surface area contributed by atoms with Gasteiger partial charge in [0, 0.05) is 6.54 Å². The van der Waals surface area contributed by atoms with Crippen LogP contribution in [0.4, 0.5) is 0 Å². The van der Waals surface area contributed by atoms with Gasteiger partial charge in [-0.25, -0.2) is 0 Å². The Bertz CT molecular complexity index is 241. The highest BCUT2D eigenvalue weighted by molar-refractivity contribution is 5.82. The van der Waals surface area contributed by atoms with Gasteiger partial charge in [-0.1, -0.05) is 20.8 Å². The molecule has 0 fully saturated rings. The molecule has 0 aliphatic carbocycles. The van der Waals surface area contributed by atoms with E-state index in [9.17, 15) is 9.59 Å². The van der Waals surface area contributed by atoms with E-state index < -0.39 is 18.1 Å². The zero-order valence-corrected chi connectivity index (χ0v) is 10.4. The van der Waals surface area contributed by atoms with E-state index in [2.05, 4.69) is 10.6 Å². The van der Waals surface area contributed by atoms with Crippen LogP contribution in [-0.4, -0.2) is 35.6 Å². The summed E-state index contributed by atoms with van der Waals surface area (Å²) in [6.07, 6.45) is 0.866. The number of hydrogen-bond acceptors (Lipinski definition) is 3. The molecule has 2 atom stereocenters. The summed E-state index contributed by atoms with van der Waals surface area (Å²) >= 11 is 0. The van der Waals surface area contributed by atoms with Crippen LogP contribution in [0.25, 0.3) is 0 Å². The second-order valence-corrected chi connectivity index (χ2v) is 4.24. The number of amides is 1. The Morgan fingerprint density at radius 1 is 1.25 bits per heavy atom. The molecule has 0 bridgehead atoms. The first-order chi connectivity index (χ1) is 7.40. The number of aliphatic carboxylic acids is 1. The van der Waals surface area contributed by atoms with Gasteiger partial charge in [0.1, 0.15) is 6.04 Å². The minimum absolute atomic E-state index is 0.0566. The van der Waals surface area contributed by atoms with E-state index in [1.807, 2.05) is 20.8 Å². The maximum atomic E-state index is 11.5. The fourth-order valence-corrected chi connectivity index (χ4v) is 1.30. The normalized spacial score (nSPS) is 14.6. The monoisotopic (exact) mass is 230 g/mol. The van der Waals surface area contributed by atoms with E-state index in [-0.39, 0.29) is 11.8 Å². The van der Waals surface area contributed by atoms with Crippen molar-refractivity contribution in [2.75, 3.05) is 6.54 Å². The van der Waals surface area contributed by atoms with Gasteiger partial charge in [-0.3, -0.25) is 14.9 Å². The third-order valence-corrected chi connectivity index (χ3v) is 2.30. The lowest BCUT2D eigenvalue weighted by Gasteiger charge is -2.22. The molecule has 0 heterocycles. The van der Waals surface area contributed by atoms with Crippen molar-refractivity contribution in [1.29, 1.82) is 0 Å². The molecule has 2 unspecified atom stereocenters. The quantitative estimate of drug-likeness (QED) is 0.598. The molecule has 0 aromatic heterocycles. The Labute approximate surface area is 96.6 Å². The predicted molar refractivity (Wildman–Crippen MR) is 62.2 cm³/mol. The molecule has 0 spiro atoms. The first-order valence-corrected chi connectivity index (χ1v) is 5.66. The lowest BCUT2D eigenvalue weighted by molar-refractivity contribution is -0.141. The molecule has 5 nitrogen and oxygen atoms in total. The van der Waals surface area contributed by atoms with Crippen molar-refractivity contribution in [3.63, 3.8) is 0 Å². The molecule has 0 aromatic carbocycles. The number of nitrogens with one attached hydrogen (secondary N) is 2. The van der Waals surface area contributed by atoms with Crippen LogP contribution in [0.1, 0.15) is 34.1 Å². The van der Waals surface area contributed by atoms with E-state index >= 15 is 0 Å². The smallest absolute Gasteiger partial charge is 0.320 e. The molecule has 16 heavy (non-hydrogen) atoms. The van der Waals surface area contributed by atoms with Crippen LogP contribution in [0.5, 0.6) is 0 Å². The van der Waals surface area contributed by atoms with Gasteiger partial charge in [-0.2, -0.15) is 0 Å². The Kier molecular flexibility index (Phi) is 6.72. The van der Waals surface area contributed by atoms with Gasteiger partial charge in [0.25, 0.3) is 0 Å². The van der Waals surface area contributed by atoms with Crippen molar-refractivity contribution in [2.24, 2.45) is 5.92 Å². The van der Waals surface area contributed by atoms with Crippen molar-refractivity contribution in [1.82, 2.24) is 10.6 Å². The van der Waals surface area contributed by atoms with Gasteiger partial charge in [0.15, 0.2) is 0 Å². The Morgan fingerprint density at radius 2 is 1.81 bits per heavy atom. The number of rotatable bonds is 7. The number of carboxylic acid groups (broad SMARTS) is 1. The maximum Gasteiger partial charge on any atom is 0.320 e. The maximum absolute atomic E-state index is 11.5. The van der Waals surface area contributed by atoms with Gasteiger partial charge in [-0.05, 0) is 19.3 Å². The van der Waals surface area contributed by atoms with Gasteiger partial charge >= 0.3 is 5.97 Å². The SMILES string of the molecule is CCCNC(=O)C(C)NC(C(=O)O)C(C)C. The molecule has 0 aromatic rings. The average Bonchev–Trinajstić information content (AvgIpc) is 2.20. The molecule has 0 saturated heterocycles. The van der Waals surface area contributed by atoms with Crippen molar-refractivity contribution in [2.45, 2.75) is 46.2 Å². The summed E-state index contributed by atoms with van der Waals surface area (Å²) in [6, 6.07) is -1.18. The molecular formula is C11H22N2O3. The number of carboxylic acids is 1. The summed E-state index contributed by atoms with van der Waals surface area (Å²) in [5.74, 6) is -1.14. The number of hydrogen-bond donors (Lipinski definition) is 3. The molecule has 5 heteroatoms. The lowest BCUT2D eigenvalue weighted by atomic mass is 10.0. The van der Waals surface area contributed by atoms with Crippen LogP contribution in [0.2, 0.25) is 0 Å². The third kappa shape index (κ3) is 5.11. The zero-order valence-electron chi connectivity index (χ0n) is 10.4. The zero-order chi connectivity index (χ0) is 12.7. The van der Waals surface area contributed by atoms with Crippen LogP contribution in [0, 0.1) is 5.92 Å². The van der Waals surface area contributed by atoms with Gasteiger partial charge in [-0.15, -0.1) is 0 Å². The van der Waals surface area contributed by atoms with Gasteiger partial charge in [0.2, 0.25) is 5.91 Å². The minimum Gasteiger partial charge on any atom is -0.480 e. The standard InChI is InChI=1S/C11H22N2O3/c1-5-6-12-10(14)8(4)13-9(7(2)3)11(15)16/h7-9,13H,5-6H2,1-4H3,(H,12,14)(H,15,16). The van der Waals surface area contributed by atoms with E-state index in [4.69, 9.17) is 5.11 Å². The molecule has 3 N–H and O–H groups in total. The molecular weight excluding hydrogens is 208 g/mol. The Balaban J connectivity index is 4.23. The highest BCUT2D eigenvalue weighted by atomic mass is 16.4. The van der Waals surface area contributed by atoms with Crippen LogP contribution < -0.4 is 10.6 Å². The topological polar surface area (TPSA) is 78.4 Å². The van der Waals surface area contributed by atoms with Crippen LogP contribution in [-0.2, 0) is 9.59 Å². The Morgan fingerprint density at radius 3 is 2.19 bits per heavy atom. The fourth-order valence-electron chi connectivity index (χ4n) is 1.30. The Hall–Kier alpha value is -1.10. The van der Waals surface area contributed by atoms with E-state index in [0.717, 1.165) is 6.42 Å². The largest absolute Gasteiger partial charge is 0.480 e. The summed E-state index contributed by atoms with van der Waals surface area (Å²) in [5, 5.41) is 14.5. The van der Waals surface area contributed by atoms with E-state index in [0.29, 0.717) is 6.54 Å².